The van der Waals surface area contributed by atoms with Gasteiger partial charge in [-0.1, -0.05) is 71.4 Å². The van der Waals surface area contributed by atoms with Crippen LogP contribution in [0.3, 0.4) is 0 Å². The lowest BCUT2D eigenvalue weighted by atomic mass is 9.89. The van der Waals surface area contributed by atoms with Gasteiger partial charge in [-0.25, -0.2) is 4.79 Å². The first kappa shape index (κ1) is 43.9. The molecule has 1 aromatic carbocycles. The topological polar surface area (TPSA) is 158 Å². The Balaban J connectivity index is 1.77. The Morgan fingerprint density at radius 2 is 1.66 bits per heavy atom. The maximum Gasteiger partial charge on any atom is 0.326 e. The molecule has 13 nitrogen and oxygen atoms in total. The van der Waals surface area contributed by atoms with Gasteiger partial charge >= 0.3 is 5.97 Å². The van der Waals surface area contributed by atoms with E-state index in [9.17, 15) is 29.1 Å². The van der Waals surface area contributed by atoms with Crippen molar-refractivity contribution >= 4 is 29.6 Å². The Morgan fingerprint density at radius 1 is 1.00 bits per heavy atom. The van der Waals surface area contributed by atoms with E-state index in [0.717, 1.165) is 31.4 Å². The lowest BCUT2D eigenvalue weighted by molar-refractivity contribution is -0.148. The van der Waals surface area contributed by atoms with Gasteiger partial charge in [0.2, 0.25) is 23.6 Å². The minimum Gasteiger partial charge on any atom is -0.480 e. The molecule has 53 heavy (non-hydrogen) atoms. The summed E-state index contributed by atoms with van der Waals surface area (Å²) in [5, 5.41) is 15.6. The maximum absolute atomic E-state index is 14.2. The van der Waals surface area contributed by atoms with Crippen LogP contribution in [0.5, 0.6) is 0 Å². The molecular weight excluding hydrogens is 678 g/mol. The zero-order valence-electron chi connectivity index (χ0n) is 33.6. The predicted octanol–water partition coefficient (Wildman–Crippen LogP) is 3.34. The zero-order valence-corrected chi connectivity index (χ0v) is 33.6. The first-order valence-corrected chi connectivity index (χ1v) is 19.2. The quantitative estimate of drug-likeness (QED) is 0.193. The molecule has 0 saturated carbocycles. The van der Waals surface area contributed by atoms with Crippen LogP contribution in [-0.4, -0.2) is 133 Å². The molecule has 0 bridgehead atoms. The van der Waals surface area contributed by atoms with Crippen molar-refractivity contribution in [2.75, 3.05) is 41.4 Å². The molecule has 2 aliphatic heterocycles. The highest BCUT2D eigenvalue weighted by Crippen LogP contribution is 2.31. The average molecular weight is 744 g/mol. The van der Waals surface area contributed by atoms with Crippen molar-refractivity contribution in [3.63, 3.8) is 0 Å². The van der Waals surface area contributed by atoms with E-state index in [1.54, 1.807) is 30.9 Å². The van der Waals surface area contributed by atoms with Crippen LogP contribution in [0.2, 0.25) is 0 Å². The van der Waals surface area contributed by atoms with Crippen molar-refractivity contribution in [2.45, 2.75) is 128 Å². The third-order valence-corrected chi connectivity index (χ3v) is 11.9. The molecule has 2 aliphatic rings. The van der Waals surface area contributed by atoms with Gasteiger partial charge in [0.1, 0.15) is 12.1 Å². The number of methoxy groups -OCH3 is 2. The minimum atomic E-state index is -1.14. The Labute approximate surface area is 316 Å². The van der Waals surface area contributed by atoms with E-state index in [1.807, 2.05) is 76.9 Å². The second-order valence-electron chi connectivity index (χ2n) is 15.7. The lowest BCUT2D eigenvalue weighted by Gasteiger charge is -2.41. The zero-order chi connectivity index (χ0) is 39.6. The summed E-state index contributed by atoms with van der Waals surface area (Å²) in [5.74, 6) is -3.14. The van der Waals surface area contributed by atoms with Crippen LogP contribution in [-0.2, 0) is 39.9 Å². The number of likely N-dealkylation sites (N-methyl/N-ethyl adjacent to an activating group) is 2. The number of amides is 4. The molecule has 2 heterocycles. The van der Waals surface area contributed by atoms with Crippen LogP contribution in [0.4, 0.5) is 0 Å². The average Bonchev–Trinajstić information content (AvgIpc) is 3.76. The van der Waals surface area contributed by atoms with Crippen molar-refractivity contribution in [1.82, 2.24) is 25.3 Å². The van der Waals surface area contributed by atoms with Gasteiger partial charge in [-0.15, -0.1) is 0 Å². The summed E-state index contributed by atoms with van der Waals surface area (Å²) >= 11 is 0. The highest BCUT2D eigenvalue weighted by atomic mass is 16.5. The smallest absolute Gasteiger partial charge is 0.326 e. The van der Waals surface area contributed by atoms with Crippen LogP contribution in [0.25, 0.3) is 0 Å². The highest BCUT2D eigenvalue weighted by molar-refractivity contribution is 5.92. The van der Waals surface area contributed by atoms with Crippen LogP contribution in [0.15, 0.2) is 30.3 Å². The number of carboxylic acids is 1. The normalized spacial score (nSPS) is 23.1. The Hall–Kier alpha value is -3.55. The standard InChI is InChI=1S/C40H65N5O8/c1-11-26(4)34(44(8)37(48)33(25(2)3)42-39(51)40(6)20-16-21-43(40)7)31(52-9)24-32(46)45-22-15-19-30(45)35(53-10)27(5)36(47)41-29(38(49)50)23-28-17-13-12-14-18-28/h12-14,17-18,25-27,29-31,33-35H,11,15-16,19-24H2,1-10H3,(H,41,47)(H,42,51)(H,49,50)/t26-,27+,29-,30-,31+,33-,34?,35?,40-/m0/s1. The van der Waals surface area contributed by atoms with Crippen LogP contribution >= 0.6 is 0 Å². The number of nitrogens with one attached hydrogen (secondary N) is 2. The van der Waals surface area contributed by atoms with Crippen molar-refractivity contribution in [1.29, 1.82) is 0 Å². The third-order valence-electron chi connectivity index (χ3n) is 11.9. The number of aliphatic carboxylic acids is 1. The van der Waals surface area contributed by atoms with Gasteiger partial charge in [0, 0.05) is 34.2 Å². The molecular formula is C40H65N5O8. The molecule has 0 radical (unpaired) electrons. The van der Waals surface area contributed by atoms with Crippen LogP contribution in [0, 0.1) is 17.8 Å². The second kappa shape index (κ2) is 19.7. The van der Waals surface area contributed by atoms with Crippen molar-refractivity contribution in [3.8, 4) is 0 Å². The molecule has 2 saturated heterocycles. The van der Waals surface area contributed by atoms with Crippen LogP contribution in [0.1, 0.15) is 85.6 Å². The lowest BCUT2D eigenvalue weighted by Crippen LogP contribution is -2.61. The fraction of sp³-hybridized carbons (Fsp3) is 0.725. The number of nitrogens with zero attached hydrogens (tertiary/aromatic N) is 3. The molecule has 298 valence electrons. The number of carbonyl (C=O) groups excluding carboxylic acids is 4. The summed E-state index contributed by atoms with van der Waals surface area (Å²) < 4.78 is 11.9. The van der Waals surface area contributed by atoms with E-state index in [4.69, 9.17) is 9.47 Å². The fourth-order valence-corrected chi connectivity index (χ4v) is 8.07. The largest absolute Gasteiger partial charge is 0.480 e. The van der Waals surface area contributed by atoms with E-state index in [2.05, 4.69) is 10.6 Å². The Morgan fingerprint density at radius 3 is 2.19 bits per heavy atom. The van der Waals surface area contributed by atoms with Gasteiger partial charge in [-0.2, -0.15) is 0 Å². The first-order chi connectivity index (χ1) is 25.0. The summed E-state index contributed by atoms with van der Waals surface area (Å²) in [5.41, 5.74) is 0.101. The van der Waals surface area contributed by atoms with Gasteiger partial charge in [0.25, 0.3) is 0 Å². The first-order valence-electron chi connectivity index (χ1n) is 19.2. The predicted molar refractivity (Wildman–Crippen MR) is 203 cm³/mol. The molecule has 2 fully saturated rings. The molecule has 13 heteroatoms. The van der Waals surface area contributed by atoms with Gasteiger partial charge < -0.3 is 35.0 Å². The molecule has 2 unspecified atom stereocenters. The molecule has 1 aromatic rings. The third kappa shape index (κ3) is 10.6. The van der Waals surface area contributed by atoms with E-state index >= 15 is 0 Å². The monoisotopic (exact) mass is 743 g/mol. The maximum atomic E-state index is 14.2. The molecule has 0 aromatic heterocycles. The molecule has 3 N–H and O–H groups in total. The van der Waals surface area contributed by atoms with E-state index in [-0.39, 0.29) is 42.4 Å². The second-order valence-corrected chi connectivity index (χ2v) is 15.7. The van der Waals surface area contributed by atoms with Gasteiger partial charge in [-0.05, 0) is 63.6 Å². The van der Waals surface area contributed by atoms with E-state index in [0.29, 0.717) is 19.4 Å². The van der Waals surface area contributed by atoms with E-state index < -0.39 is 59.7 Å². The number of likely N-dealkylation sites (tertiary alicyclic amines) is 2. The van der Waals surface area contributed by atoms with E-state index in [1.165, 1.54) is 7.11 Å². The number of rotatable bonds is 19. The summed E-state index contributed by atoms with van der Waals surface area (Å²) in [6.45, 7) is 12.8. The summed E-state index contributed by atoms with van der Waals surface area (Å²) in [4.78, 5) is 73.0. The van der Waals surface area contributed by atoms with Crippen molar-refractivity contribution in [2.24, 2.45) is 17.8 Å². The minimum absolute atomic E-state index is 0.00360. The molecule has 3 rings (SSSR count). The molecule has 0 spiro atoms. The summed E-state index contributed by atoms with van der Waals surface area (Å²) in [6.07, 6.45) is 2.48. The van der Waals surface area contributed by atoms with Crippen molar-refractivity contribution < 1.29 is 38.6 Å². The summed E-state index contributed by atoms with van der Waals surface area (Å²) in [7, 11) is 6.70. The number of hydrogen-bond donors (Lipinski definition) is 3. The SMILES string of the molecule is CC[C@H](C)C([C@@H](CC(=O)N1CCC[C@H]1C(OC)[C@@H](C)C(=O)N[C@@H](Cc1ccccc1)C(=O)O)OC)N(C)C(=O)[C@@H](NC(=O)[C@]1(C)CCCN1C)C(C)C. The van der Waals surface area contributed by atoms with Crippen molar-refractivity contribution in [3.05, 3.63) is 35.9 Å². The number of ether oxygens (including phenoxy) is 2. The van der Waals surface area contributed by atoms with Gasteiger partial charge in [0.15, 0.2) is 0 Å². The number of carboxylic acid groups (broad SMARTS) is 1. The Kier molecular flexibility index (Phi) is 16.3. The number of carbonyl (C=O) groups is 5. The summed E-state index contributed by atoms with van der Waals surface area (Å²) in [6, 6.07) is 6.34. The highest BCUT2D eigenvalue weighted by Gasteiger charge is 2.45. The number of hydrogen-bond acceptors (Lipinski definition) is 8. The molecule has 4 amide bonds. The Bertz CT molecular complexity index is 1390. The van der Waals surface area contributed by atoms with Gasteiger partial charge in [-0.3, -0.25) is 24.1 Å². The molecule has 0 aliphatic carbocycles. The number of benzene rings is 1. The molecule has 9 atom stereocenters. The van der Waals surface area contributed by atoms with Gasteiger partial charge in [0.05, 0.1) is 42.2 Å². The fourth-order valence-electron chi connectivity index (χ4n) is 8.07. The van der Waals surface area contributed by atoms with Crippen LogP contribution < -0.4 is 10.6 Å².